The van der Waals surface area contributed by atoms with Gasteiger partial charge in [0.05, 0.1) is 5.69 Å². The minimum Gasteiger partial charge on any atom is -0.273 e. The summed E-state index contributed by atoms with van der Waals surface area (Å²) in [7, 11) is 3.42. The molecule has 0 aromatic carbocycles. The highest BCUT2D eigenvalue weighted by molar-refractivity contribution is 5.19. The van der Waals surface area contributed by atoms with Crippen LogP contribution < -0.4 is 0 Å². The Balaban J connectivity index is 2.14. The maximum atomic E-state index is 12.7. The van der Waals surface area contributed by atoms with Crippen molar-refractivity contribution < 1.29 is 13.2 Å². The lowest BCUT2D eigenvalue weighted by Gasteiger charge is -2.22. The topological polar surface area (TPSA) is 35.6 Å². The van der Waals surface area contributed by atoms with Gasteiger partial charge >= 0.3 is 6.18 Å². The van der Waals surface area contributed by atoms with Crippen LogP contribution in [0.5, 0.6) is 0 Å². The number of hydrogen-bond donors (Lipinski definition) is 0. The maximum absolute atomic E-state index is 12.7. The Morgan fingerprint density at radius 1 is 1.00 bits per heavy atom. The molecule has 0 spiro atoms. The first-order chi connectivity index (χ1) is 10.0. The van der Waals surface area contributed by atoms with Crippen molar-refractivity contribution in [3.05, 3.63) is 34.9 Å². The lowest BCUT2D eigenvalue weighted by Crippen LogP contribution is -2.20. The highest BCUT2D eigenvalue weighted by Crippen LogP contribution is 2.31. The van der Waals surface area contributed by atoms with Crippen molar-refractivity contribution in [2.75, 3.05) is 0 Å². The maximum Gasteiger partial charge on any atom is 0.435 e. The number of rotatable bonds is 4. The fourth-order valence-corrected chi connectivity index (χ4v) is 2.34. The minimum atomic E-state index is -4.40. The normalized spacial score (nSPS) is 12.9. The number of alkyl halides is 3. The molecule has 0 saturated heterocycles. The summed E-state index contributed by atoms with van der Waals surface area (Å²) >= 11 is 0. The van der Waals surface area contributed by atoms with Crippen LogP contribution in [0, 0.1) is 6.92 Å². The Morgan fingerprint density at radius 3 is 2.05 bits per heavy atom. The third kappa shape index (κ3) is 3.34. The van der Waals surface area contributed by atoms with Crippen molar-refractivity contribution in [1.29, 1.82) is 0 Å². The Kier molecular flexibility index (Phi) is 4.10. The van der Waals surface area contributed by atoms with E-state index in [0.29, 0.717) is 18.5 Å². The smallest absolute Gasteiger partial charge is 0.273 e. The summed E-state index contributed by atoms with van der Waals surface area (Å²) in [6, 6.07) is 3.14. The lowest BCUT2D eigenvalue weighted by molar-refractivity contribution is -0.141. The predicted molar refractivity (Wildman–Crippen MR) is 77.5 cm³/mol. The van der Waals surface area contributed by atoms with E-state index in [9.17, 15) is 13.2 Å². The number of hydrogen-bond acceptors (Lipinski definition) is 2. The van der Waals surface area contributed by atoms with E-state index in [-0.39, 0.29) is 5.41 Å². The van der Waals surface area contributed by atoms with Gasteiger partial charge in [-0.3, -0.25) is 9.36 Å². The molecule has 4 nitrogen and oxygen atoms in total. The zero-order valence-electron chi connectivity index (χ0n) is 13.5. The van der Waals surface area contributed by atoms with Crippen LogP contribution in [0.25, 0.3) is 0 Å². The third-order valence-corrected chi connectivity index (χ3v) is 4.08. The van der Waals surface area contributed by atoms with Gasteiger partial charge in [-0.15, -0.1) is 0 Å². The van der Waals surface area contributed by atoms with E-state index in [1.807, 2.05) is 24.7 Å². The number of nitrogens with zero attached hydrogens (tertiary/aromatic N) is 4. The second-order valence-corrected chi connectivity index (χ2v) is 6.32. The summed E-state index contributed by atoms with van der Waals surface area (Å²) in [4.78, 5) is 0. The molecule has 0 unspecified atom stereocenters. The van der Waals surface area contributed by atoms with E-state index in [2.05, 4.69) is 24.0 Å². The highest BCUT2D eigenvalue weighted by atomic mass is 19.4. The number of aryl methyl sites for hydroxylation is 4. The van der Waals surface area contributed by atoms with Crippen molar-refractivity contribution in [1.82, 2.24) is 19.6 Å². The van der Waals surface area contributed by atoms with Crippen molar-refractivity contribution in [3.63, 3.8) is 0 Å². The van der Waals surface area contributed by atoms with Crippen LogP contribution in [0.2, 0.25) is 0 Å². The fourth-order valence-electron chi connectivity index (χ4n) is 2.34. The molecule has 22 heavy (non-hydrogen) atoms. The zero-order chi connectivity index (χ0) is 16.7. The second kappa shape index (κ2) is 5.44. The molecule has 0 aliphatic heterocycles. The summed E-state index contributed by atoms with van der Waals surface area (Å²) in [5, 5.41) is 8.02. The molecule has 0 atom stereocenters. The van der Waals surface area contributed by atoms with Crippen molar-refractivity contribution >= 4 is 0 Å². The molecule has 122 valence electrons. The van der Waals surface area contributed by atoms with Gasteiger partial charge < -0.3 is 0 Å². The van der Waals surface area contributed by atoms with Gasteiger partial charge in [-0.1, -0.05) is 13.8 Å². The molecule has 0 aliphatic rings. The molecule has 0 amide bonds. The van der Waals surface area contributed by atoms with E-state index in [0.717, 1.165) is 17.5 Å². The molecule has 0 fully saturated rings. The lowest BCUT2D eigenvalue weighted by atomic mass is 9.84. The summed E-state index contributed by atoms with van der Waals surface area (Å²) in [6.45, 7) is 6.08. The van der Waals surface area contributed by atoms with Crippen LogP contribution >= 0.6 is 0 Å². The highest BCUT2D eigenvalue weighted by Gasteiger charge is 2.34. The molecule has 0 saturated carbocycles. The Morgan fingerprint density at radius 2 is 1.59 bits per heavy atom. The van der Waals surface area contributed by atoms with Crippen LogP contribution in [0.3, 0.4) is 0 Å². The fraction of sp³-hybridized carbons (Fsp3) is 0.600. The largest absolute Gasteiger partial charge is 0.435 e. The number of aromatic nitrogens is 4. The first-order valence-electron chi connectivity index (χ1n) is 7.12. The van der Waals surface area contributed by atoms with Gasteiger partial charge in [0.1, 0.15) is 0 Å². The standard InChI is InChI=1S/C15H21F3N4/c1-10-8-12(19-21(10)4)14(2,3)7-6-11-9-13(15(16,17)18)20-22(11)5/h8-9H,6-7H2,1-5H3. The van der Waals surface area contributed by atoms with Crippen LogP contribution in [-0.4, -0.2) is 19.6 Å². The van der Waals surface area contributed by atoms with E-state index in [1.54, 1.807) is 7.05 Å². The molecule has 0 N–H and O–H groups in total. The van der Waals surface area contributed by atoms with Gasteiger partial charge in [0.25, 0.3) is 0 Å². The van der Waals surface area contributed by atoms with Crippen LogP contribution in [0.1, 0.15) is 43.0 Å². The van der Waals surface area contributed by atoms with Crippen molar-refractivity contribution in [3.8, 4) is 0 Å². The quantitative estimate of drug-likeness (QED) is 0.867. The summed E-state index contributed by atoms with van der Waals surface area (Å²) in [5.41, 5.74) is 1.53. The number of halogens is 3. The third-order valence-electron chi connectivity index (χ3n) is 4.08. The molecule has 0 bridgehead atoms. The average molecular weight is 314 g/mol. The predicted octanol–water partition coefficient (Wildman–Crippen LogP) is 3.39. The van der Waals surface area contributed by atoms with Crippen LogP contribution in [0.15, 0.2) is 12.1 Å². The summed E-state index contributed by atoms with van der Waals surface area (Å²) in [5.74, 6) is 0. The first kappa shape index (κ1) is 16.6. The van der Waals surface area contributed by atoms with E-state index in [4.69, 9.17) is 0 Å². The molecule has 2 aromatic rings. The molecule has 2 aromatic heterocycles. The second-order valence-electron chi connectivity index (χ2n) is 6.32. The van der Waals surface area contributed by atoms with Gasteiger partial charge in [-0.25, -0.2) is 0 Å². The van der Waals surface area contributed by atoms with Gasteiger partial charge in [-0.2, -0.15) is 23.4 Å². The van der Waals surface area contributed by atoms with Gasteiger partial charge in [0, 0.05) is 30.9 Å². The zero-order valence-corrected chi connectivity index (χ0v) is 13.5. The molecule has 0 radical (unpaired) electrons. The SMILES string of the molecule is Cc1cc(C(C)(C)CCc2cc(C(F)(F)F)nn2C)nn1C. The van der Waals surface area contributed by atoms with E-state index >= 15 is 0 Å². The molecular weight excluding hydrogens is 293 g/mol. The van der Waals surface area contributed by atoms with Crippen LogP contribution in [-0.2, 0) is 32.1 Å². The first-order valence-corrected chi connectivity index (χ1v) is 7.12. The Hall–Kier alpha value is -1.79. The molecule has 0 aliphatic carbocycles. The summed E-state index contributed by atoms with van der Waals surface area (Å²) < 4.78 is 41.2. The summed E-state index contributed by atoms with van der Waals surface area (Å²) in [6.07, 6.45) is -3.19. The van der Waals surface area contributed by atoms with Crippen LogP contribution in [0.4, 0.5) is 13.2 Å². The van der Waals surface area contributed by atoms with Crippen molar-refractivity contribution in [2.45, 2.75) is 45.2 Å². The minimum absolute atomic E-state index is 0.214. The van der Waals surface area contributed by atoms with Crippen molar-refractivity contribution in [2.24, 2.45) is 14.1 Å². The van der Waals surface area contributed by atoms with E-state index < -0.39 is 11.9 Å². The Bertz CT molecular complexity index is 645. The van der Waals surface area contributed by atoms with Gasteiger partial charge in [0.15, 0.2) is 5.69 Å². The average Bonchev–Trinajstić information content (AvgIpc) is 2.91. The molecule has 2 rings (SSSR count). The molecular formula is C15H21F3N4. The Labute approximate surface area is 127 Å². The monoisotopic (exact) mass is 314 g/mol. The van der Waals surface area contributed by atoms with Gasteiger partial charge in [0.2, 0.25) is 0 Å². The van der Waals surface area contributed by atoms with Gasteiger partial charge in [-0.05, 0) is 31.9 Å². The van der Waals surface area contributed by atoms with E-state index in [1.165, 1.54) is 4.68 Å². The molecule has 2 heterocycles. The molecule has 7 heteroatoms.